The minimum absolute atomic E-state index is 0.0651. The second-order valence-electron chi connectivity index (χ2n) is 7.60. The number of nitrogens with zero attached hydrogens (tertiary/aromatic N) is 1. The third kappa shape index (κ3) is 6.05. The van der Waals surface area contributed by atoms with E-state index in [4.69, 9.17) is 4.74 Å². The average molecular weight is 426 g/mol. The average Bonchev–Trinajstić information content (AvgIpc) is 3.15. The highest BCUT2D eigenvalue weighted by atomic mass is 16.5. The van der Waals surface area contributed by atoms with Gasteiger partial charge in [0.1, 0.15) is 24.4 Å². The summed E-state index contributed by atoms with van der Waals surface area (Å²) in [5.41, 5.74) is 1.76. The van der Waals surface area contributed by atoms with Crippen molar-refractivity contribution in [2.75, 3.05) is 6.54 Å². The molecule has 3 N–H and O–H groups in total. The molecule has 31 heavy (non-hydrogen) atoms. The van der Waals surface area contributed by atoms with Gasteiger partial charge in [0.2, 0.25) is 11.8 Å². The second-order valence-corrected chi connectivity index (χ2v) is 7.60. The van der Waals surface area contributed by atoms with Crippen LogP contribution in [0.15, 0.2) is 54.6 Å². The molecule has 0 unspecified atom stereocenters. The molecule has 1 saturated heterocycles. The van der Waals surface area contributed by atoms with Crippen molar-refractivity contribution >= 4 is 17.8 Å². The number of amides is 2. The number of ether oxygens (including phenoxy) is 1. The molecule has 2 aromatic carbocycles. The van der Waals surface area contributed by atoms with E-state index in [0.717, 1.165) is 11.1 Å². The monoisotopic (exact) mass is 426 g/mol. The number of carbonyl (C=O) groups is 3. The van der Waals surface area contributed by atoms with Crippen molar-refractivity contribution in [3.8, 4) is 5.75 Å². The summed E-state index contributed by atoms with van der Waals surface area (Å²) in [4.78, 5) is 37.2. The molecule has 0 spiro atoms. The van der Waals surface area contributed by atoms with Crippen molar-refractivity contribution < 1.29 is 29.3 Å². The lowest BCUT2D eigenvalue weighted by molar-refractivity contribution is -0.143. The number of nitrogens with one attached hydrogen (secondary N) is 1. The first kappa shape index (κ1) is 22.3. The molecule has 3 rings (SSSR count). The van der Waals surface area contributed by atoms with Crippen LogP contribution in [0, 0.1) is 0 Å². The Balaban J connectivity index is 1.59. The molecule has 164 valence electrons. The van der Waals surface area contributed by atoms with Crippen LogP contribution in [0.4, 0.5) is 0 Å². The number of likely N-dealkylation sites (tertiary alicyclic amines) is 1. The van der Waals surface area contributed by atoms with Crippen LogP contribution >= 0.6 is 0 Å². The molecule has 8 nitrogen and oxygen atoms in total. The minimum atomic E-state index is -1.18. The first-order chi connectivity index (χ1) is 14.8. The Hall–Kier alpha value is -3.39. The number of aliphatic hydroxyl groups excluding tert-OH is 1. The summed E-state index contributed by atoms with van der Waals surface area (Å²) in [6, 6.07) is 14.7. The molecule has 0 saturated carbocycles. The molecular weight excluding hydrogens is 400 g/mol. The Labute approximate surface area is 180 Å². The molecule has 2 amide bonds. The third-order valence-corrected chi connectivity index (χ3v) is 5.21. The smallest absolute Gasteiger partial charge is 0.326 e. The molecule has 0 aromatic heterocycles. The van der Waals surface area contributed by atoms with E-state index in [9.17, 15) is 24.6 Å². The zero-order valence-corrected chi connectivity index (χ0v) is 17.2. The van der Waals surface area contributed by atoms with Gasteiger partial charge in [-0.05, 0) is 23.3 Å². The van der Waals surface area contributed by atoms with E-state index < -0.39 is 30.1 Å². The molecular formula is C23H26N2O6. The van der Waals surface area contributed by atoms with Gasteiger partial charge in [-0.3, -0.25) is 9.59 Å². The quantitative estimate of drug-likeness (QED) is 0.587. The number of aliphatic carboxylic acids is 1. The van der Waals surface area contributed by atoms with Crippen LogP contribution in [0.5, 0.6) is 5.75 Å². The summed E-state index contributed by atoms with van der Waals surface area (Å²) in [5.74, 6) is -1.44. The second kappa shape index (κ2) is 10.1. The van der Waals surface area contributed by atoms with Crippen molar-refractivity contribution in [1.82, 2.24) is 10.2 Å². The number of rotatable bonds is 8. The molecule has 0 bridgehead atoms. The van der Waals surface area contributed by atoms with Gasteiger partial charge >= 0.3 is 5.97 Å². The molecule has 1 aliphatic rings. The van der Waals surface area contributed by atoms with Gasteiger partial charge in [-0.1, -0.05) is 42.5 Å². The highest BCUT2D eigenvalue weighted by Gasteiger charge is 2.38. The van der Waals surface area contributed by atoms with E-state index in [-0.39, 0.29) is 25.3 Å². The number of β-amino-alcohol motifs (C(OH)–C–C–N with tert-alkyl or cyclic N) is 1. The molecule has 0 aliphatic carbocycles. The number of carboxylic acid groups (broad SMARTS) is 1. The van der Waals surface area contributed by atoms with E-state index in [0.29, 0.717) is 12.4 Å². The van der Waals surface area contributed by atoms with Crippen LogP contribution in [0.3, 0.4) is 0 Å². The number of benzene rings is 2. The predicted molar refractivity (Wildman–Crippen MR) is 112 cm³/mol. The Morgan fingerprint density at radius 3 is 2.39 bits per heavy atom. The van der Waals surface area contributed by atoms with Crippen molar-refractivity contribution in [2.45, 2.75) is 44.6 Å². The lowest BCUT2D eigenvalue weighted by atomic mass is 10.0. The lowest BCUT2D eigenvalue weighted by Gasteiger charge is -2.24. The van der Waals surface area contributed by atoms with Gasteiger partial charge in [0.25, 0.3) is 0 Å². The fraction of sp³-hybridized carbons (Fsp3) is 0.348. The van der Waals surface area contributed by atoms with E-state index in [2.05, 4.69) is 5.32 Å². The maximum atomic E-state index is 12.6. The van der Waals surface area contributed by atoms with Crippen LogP contribution in [-0.2, 0) is 27.4 Å². The van der Waals surface area contributed by atoms with Crippen LogP contribution in [0.2, 0.25) is 0 Å². The van der Waals surface area contributed by atoms with E-state index in [1.807, 2.05) is 30.3 Å². The van der Waals surface area contributed by atoms with Crippen LogP contribution in [-0.4, -0.2) is 57.6 Å². The summed E-state index contributed by atoms with van der Waals surface area (Å²) >= 11 is 0. The van der Waals surface area contributed by atoms with Gasteiger partial charge in [-0.15, -0.1) is 0 Å². The van der Waals surface area contributed by atoms with Crippen molar-refractivity contribution in [2.24, 2.45) is 0 Å². The van der Waals surface area contributed by atoms with E-state index >= 15 is 0 Å². The Kier molecular flexibility index (Phi) is 7.25. The van der Waals surface area contributed by atoms with Crippen molar-refractivity contribution in [3.63, 3.8) is 0 Å². The standard InChI is InChI=1S/C23H26N2O6/c1-15(26)25-13-18(27)12-21(25)22(28)24-20(23(29)30)11-16-7-9-19(10-8-16)31-14-17-5-3-2-4-6-17/h2-10,18,20-21,27H,11-14H2,1H3,(H,24,28)(H,29,30)/t18-,20+,21+/m1/s1. The topological polar surface area (TPSA) is 116 Å². The van der Waals surface area contributed by atoms with Crippen LogP contribution in [0.1, 0.15) is 24.5 Å². The van der Waals surface area contributed by atoms with Crippen molar-refractivity contribution in [3.05, 3.63) is 65.7 Å². The summed E-state index contributed by atoms with van der Waals surface area (Å²) in [6.07, 6.45) is -0.632. The molecule has 2 aromatic rings. The first-order valence-corrected chi connectivity index (χ1v) is 10.1. The predicted octanol–water partition coefficient (Wildman–Crippen LogP) is 1.36. The number of hydrogen-bond acceptors (Lipinski definition) is 5. The summed E-state index contributed by atoms with van der Waals surface area (Å²) < 4.78 is 5.73. The van der Waals surface area contributed by atoms with E-state index in [1.54, 1.807) is 24.3 Å². The molecule has 1 fully saturated rings. The fourth-order valence-corrected chi connectivity index (χ4v) is 3.58. The van der Waals surface area contributed by atoms with Gasteiger partial charge in [0.15, 0.2) is 0 Å². The number of carboxylic acids is 1. The SMILES string of the molecule is CC(=O)N1C[C@H](O)C[C@H]1C(=O)N[C@@H](Cc1ccc(OCc2ccccc2)cc1)C(=O)O. The molecule has 8 heteroatoms. The van der Waals surface area contributed by atoms with Crippen molar-refractivity contribution in [1.29, 1.82) is 0 Å². The summed E-state index contributed by atoms with van der Waals surface area (Å²) in [6.45, 7) is 1.80. The lowest BCUT2D eigenvalue weighted by Crippen LogP contribution is -2.51. The number of hydrogen-bond donors (Lipinski definition) is 3. The highest BCUT2D eigenvalue weighted by molar-refractivity contribution is 5.90. The van der Waals surface area contributed by atoms with Gasteiger partial charge in [-0.25, -0.2) is 4.79 Å². The van der Waals surface area contributed by atoms with Crippen LogP contribution < -0.4 is 10.1 Å². The van der Waals surface area contributed by atoms with E-state index in [1.165, 1.54) is 11.8 Å². The zero-order chi connectivity index (χ0) is 22.4. The minimum Gasteiger partial charge on any atom is -0.489 e. The number of carbonyl (C=O) groups excluding carboxylic acids is 2. The van der Waals surface area contributed by atoms with Crippen LogP contribution in [0.25, 0.3) is 0 Å². The molecule has 0 radical (unpaired) electrons. The maximum Gasteiger partial charge on any atom is 0.326 e. The third-order valence-electron chi connectivity index (χ3n) is 5.21. The fourth-order valence-electron chi connectivity index (χ4n) is 3.58. The number of aliphatic hydroxyl groups is 1. The zero-order valence-electron chi connectivity index (χ0n) is 17.2. The van der Waals surface area contributed by atoms with Gasteiger partial charge in [-0.2, -0.15) is 0 Å². The maximum absolute atomic E-state index is 12.6. The van der Waals surface area contributed by atoms with Gasteiger partial charge in [0, 0.05) is 26.3 Å². The normalized spacial score (nSPS) is 19.0. The first-order valence-electron chi connectivity index (χ1n) is 10.1. The molecule has 1 aliphatic heterocycles. The Morgan fingerprint density at radius 1 is 1.10 bits per heavy atom. The Morgan fingerprint density at radius 2 is 1.77 bits per heavy atom. The summed E-state index contributed by atoms with van der Waals surface area (Å²) in [5, 5.41) is 21.8. The molecule has 1 heterocycles. The summed E-state index contributed by atoms with van der Waals surface area (Å²) in [7, 11) is 0. The van der Waals surface area contributed by atoms with Gasteiger partial charge < -0.3 is 25.2 Å². The Bertz CT molecular complexity index is 915. The highest BCUT2D eigenvalue weighted by Crippen LogP contribution is 2.19. The van der Waals surface area contributed by atoms with Gasteiger partial charge in [0.05, 0.1) is 6.10 Å². The molecule has 3 atom stereocenters. The largest absolute Gasteiger partial charge is 0.489 e.